The van der Waals surface area contributed by atoms with Crippen LogP contribution in [0.2, 0.25) is 0 Å². The Morgan fingerprint density at radius 2 is 1.96 bits per heavy atom. The molecule has 3 rings (SSSR count). The van der Waals surface area contributed by atoms with Crippen LogP contribution < -0.4 is 10.9 Å². The van der Waals surface area contributed by atoms with Gasteiger partial charge < -0.3 is 5.32 Å². The van der Waals surface area contributed by atoms with Crippen molar-refractivity contribution in [2.75, 3.05) is 0 Å². The molecule has 1 atom stereocenters. The van der Waals surface area contributed by atoms with Crippen LogP contribution in [0.15, 0.2) is 56.9 Å². The molecule has 2 aromatic carbocycles. The molecule has 1 unspecified atom stereocenters. The van der Waals surface area contributed by atoms with Gasteiger partial charge in [0.15, 0.2) is 5.16 Å². The maximum Gasteiger partial charge on any atom is 0.262 e. The van der Waals surface area contributed by atoms with Crippen molar-refractivity contribution in [1.82, 2.24) is 14.9 Å². The molecule has 0 aliphatic rings. The lowest BCUT2D eigenvalue weighted by Crippen LogP contribution is -2.31. The Balaban J connectivity index is 1.77. The molecule has 146 valence electrons. The average molecular weight is 460 g/mol. The molecule has 0 spiro atoms. The van der Waals surface area contributed by atoms with Gasteiger partial charge in [-0.05, 0) is 44.5 Å². The summed E-state index contributed by atoms with van der Waals surface area (Å²) in [5, 5.41) is 3.70. The summed E-state index contributed by atoms with van der Waals surface area (Å²) >= 11 is 4.70. The van der Waals surface area contributed by atoms with Crippen molar-refractivity contribution in [3.05, 3.63) is 68.4 Å². The number of nitrogens with zero attached hydrogens (tertiary/aromatic N) is 2. The van der Waals surface area contributed by atoms with E-state index in [1.807, 2.05) is 57.2 Å². The van der Waals surface area contributed by atoms with Gasteiger partial charge in [0.05, 0.1) is 16.2 Å². The minimum atomic E-state index is -0.372. The molecule has 0 bridgehead atoms. The lowest BCUT2D eigenvalue weighted by Gasteiger charge is -2.15. The molecule has 1 aromatic heterocycles. The van der Waals surface area contributed by atoms with Gasteiger partial charge in [-0.15, -0.1) is 0 Å². The molecule has 0 radical (unpaired) electrons. The lowest BCUT2D eigenvalue weighted by atomic mass is 10.1. The quantitative estimate of drug-likeness (QED) is 0.441. The Hall–Kier alpha value is -2.12. The Morgan fingerprint density at radius 3 is 2.64 bits per heavy atom. The van der Waals surface area contributed by atoms with Gasteiger partial charge in [0.2, 0.25) is 5.91 Å². The maximum absolute atomic E-state index is 12.8. The molecule has 7 heteroatoms. The smallest absolute Gasteiger partial charge is 0.262 e. The highest BCUT2D eigenvalue weighted by Crippen LogP contribution is 2.24. The minimum Gasteiger partial charge on any atom is -0.351 e. The Labute approximate surface area is 176 Å². The number of hydrogen-bond donors (Lipinski definition) is 1. The molecule has 0 aliphatic heterocycles. The van der Waals surface area contributed by atoms with Crippen LogP contribution in [-0.2, 0) is 17.9 Å². The van der Waals surface area contributed by atoms with Gasteiger partial charge in [-0.25, -0.2) is 4.98 Å². The molecule has 3 aromatic rings. The summed E-state index contributed by atoms with van der Waals surface area (Å²) in [7, 11) is 0. The fraction of sp³-hybridized carbons (Fsp3) is 0.286. The first-order chi connectivity index (χ1) is 13.4. The van der Waals surface area contributed by atoms with Gasteiger partial charge in [-0.3, -0.25) is 14.2 Å². The van der Waals surface area contributed by atoms with Crippen molar-refractivity contribution in [3.63, 3.8) is 0 Å². The van der Waals surface area contributed by atoms with Gasteiger partial charge in [-0.1, -0.05) is 57.5 Å². The van der Waals surface area contributed by atoms with E-state index in [0.717, 1.165) is 10.0 Å². The number of hydrogen-bond acceptors (Lipinski definition) is 4. The van der Waals surface area contributed by atoms with Gasteiger partial charge in [-0.2, -0.15) is 0 Å². The summed E-state index contributed by atoms with van der Waals surface area (Å²) in [6.45, 7) is 6.73. The van der Waals surface area contributed by atoms with Crippen LogP contribution >= 0.6 is 27.7 Å². The molecular formula is C21H22BrN3O2S. The summed E-state index contributed by atoms with van der Waals surface area (Å²) in [4.78, 5) is 30.0. The van der Waals surface area contributed by atoms with E-state index in [9.17, 15) is 9.59 Å². The van der Waals surface area contributed by atoms with Crippen LogP contribution in [0.5, 0.6) is 0 Å². The third-order valence-electron chi connectivity index (χ3n) is 4.44. The van der Waals surface area contributed by atoms with E-state index in [2.05, 4.69) is 26.2 Å². The molecule has 0 saturated heterocycles. The van der Waals surface area contributed by atoms with E-state index in [1.54, 1.807) is 10.6 Å². The Bertz CT molecular complexity index is 1060. The highest BCUT2D eigenvalue weighted by Gasteiger charge is 2.19. The molecule has 28 heavy (non-hydrogen) atoms. The van der Waals surface area contributed by atoms with E-state index < -0.39 is 0 Å². The van der Waals surface area contributed by atoms with Crippen LogP contribution in [0.25, 0.3) is 10.9 Å². The first-order valence-corrected chi connectivity index (χ1v) is 10.8. The molecule has 5 nitrogen and oxygen atoms in total. The molecule has 0 aliphatic carbocycles. The number of aryl methyl sites for hydroxylation is 1. The number of benzene rings is 2. The van der Waals surface area contributed by atoms with Crippen molar-refractivity contribution >= 4 is 44.5 Å². The molecule has 0 fully saturated rings. The van der Waals surface area contributed by atoms with Crippen molar-refractivity contribution < 1.29 is 4.79 Å². The van der Waals surface area contributed by atoms with Crippen molar-refractivity contribution in [1.29, 1.82) is 0 Å². The summed E-state index contributed by atoms with van der Waals surface area (Å²) in [5.74, 6) is -0.0848. The number of carbonyl (C=O) groups is 1. The molecule has 1 heterocycles. The predicted molar refractivity (Wildman–Crippen MR) is 118 cm³/mol. The number of thioether (sulfide) groups is 1. The number of nitrogens with one attached hydrogen (secondary N) is 1. The fourth-order valence-electron chi connectivity index (χ4n) is 2.79. The standard InChI is InChI=1S/C21H22BrN3O2S/c1-4-25-20(27)17-11-16(22)9-10-18(17)24-21(25)28-14(3)19(26)23-12-15-7-5-13(2)6-8-15/h5-11,14H,4,12H2,1-3H3,(H,23,26). The van der Waals surface area contributed by atoms with E-state index in [1.165, 1.54) is 17.3 Å². The van der Waals surface area contributed by atoms with Crippen molar-refractivity contribution in [2.24, 2.45) is 0 Å². The van der Waals surface area contributed by atoms with Crippen LogP contribution in [0.4, 0.5) is 0 Å². The summed E-state index contributed by atoms with van der Waals surface area (Å²) in [6.07, 6.45) is 0. The second kappa shape index (κ2) is 8.92. The Kier molecular flexibility index (Phi) is 6.57. The largest absolute Gasteiger partial charge is 0.351 e. The SMILES string of the molecule is CCn1c(SC(C)C(=O)NCc2ccc(C)cc2)nc2ccc(Br)cc2c1=O. The Morgan fingerprint density at radius 1 is 1.25 bits per heavy atom. The maximum atomic E-state index is 12.8. The zero-order valence-corrected chi connectivity index (χ0v) is 18.4. The monoisotopic (exact) mass is 459 g/mol. The molecule has 0 saturated carbocycles. The number of carbonyl (C=O) groups excluding carboxylic acids is 1. The van der Waals surface area contributed by atoms with E-state index in [4.69, 9.17) is 0 Å². The van der Waals surface area contributed by atoms with Crippen LogP contribution in [0.3, 0.4) is 0 Å². The zero-order valence-electron chi connectivity index (χ0n) is 16.0. The second-order valence-electron chi connectivity index (χ2n) is 6.57. The van der Waals surface area contributed by atoms with Crippen molar-refractivity contribution in [2.45, 2.75) is 44.3 Å². The topological polar surface area (TPSA) is 64.0 Å². The fourth-order valence-corrected chi connectivity index (χ4v) is 4.15. The average Bonchev–Trinajstić information content (AvgIpc) is 2.68. The third kappa shape index (κ3) is 4.64. The van der Waals surface area contributed by atoms with Gasteiger partial charge in [0, 0.05) is 17.6 Å². The van der Waals surface area contributed by atoms with Crippen molar-refractivity contribution in [3.8, 4) is 0 Å². The van der Waals surface area contributed by atoms with Crippen LogP contribution in [-0.4, -0.2) is 20.7 Å². The summed E-state index contributed by atoms with van der Waals surface area (Å²) in [5.41, 5.74) is 2.78. The lowest BCUT2D eigenvalue weighted by molar-refractivity contribution is -0.120. The summed E-state index contributed by atoms with van der Waals surface area (Å²) in [6, 6.07) is 13.5. The van der Waals surface area contributed by atoms with E-state index in [-0.39, 0.29) is 16.7 Å². The van der Waals surface area contributed by atoms with Gasteiger partial charge in [0.1, 0.15) is 0 Å². The third-order valence-corrected chi connectivity index (χ3v) is 6.02. The number of halogens is 1. The molecule has 1 amide bonds. The van der Waals surface area contributed by atoms with Gasteiger partial charge in [0.25, 0.3) is 5.56 Å². The van der Waals surface area contributed by atoms with E-state index in [0.29, 0.717) is 29.1 Å². The number of aromatic nitrogens is 2. The molecule has 1 N–H and O–H groups in total. The second-order valence-corrected chi connectivity index (χ2v) is 8.79. The van der Waals surface area contributed by atoms with Crippen LogP contribution in [0, 0.1) is 6.92 Å². The predicted octanol–water partition coefficient (Wildman–Crippen LogP) is 4.28. The number of fused-ring (bicyclic) bond motifs is 1. The number of rotatable bonds is 6. The zero-order chi connectivity index (χ0) is 20.3. The normalized spacial score (nSPS) is 12.1. The first-order valence-electron chi connectivity index (χ1n) is 9.09. The highest BCUT2D eigenvalue weighted by molar-refractivity contribution is 9.10. The summed E-state index contributed by atoms with van der Waals surface area (Å²) < 4.78 is 2.45. The first kappa shape index (κ1) is 20.6. The highest BCUT2D eigenvalue weighted by atomic mass is 79.9. The molecular weight excluding hydrogens is 438 g/mol. The van der Waals surface area contributed by atoms with Crippen LogP contribution in [0.1, 0.15) is 25.0 Å². The number of amides is 1. The van der Waals surface area contributed by atoms with E-state index >= 15 is 0 Å². The van der Waals surface area contributed by atoms with Gasteiger partial charge >= 0.3 is 0 Å². The minimum absolute atomic E-state index is 0.0848.